The van der Waals surface area contributed by atoms with Crippen molar-refractivity contribution >= 4 is 56.6 Å². The van der Waals surface area contributed by atoms with Crippen LogP contribution in [0.1, 0.15) is 25.0 Å². The van der Waals surface area contributed by atoms with E-state index in [1.807, 2.05) is 61.5 Å². The Morgan fingerprint density at radius 2 is 1.77 bits per heavy atom. The Kier molecular flexibility index (Phi) is 6.68. The van der Waals surface area contributed by atoms with Crippen molar-refractivity contribution in [3.63, 3.8) is 0 Å². The molecule has 180 valence electrons. The molecule has 2 N–H and O–H groups in total. The van der Waals surface area contributed by atoms with E-state index in [0.717, 1.165) is 46.4 Å². The number of nitrogens with zero attached hydrogens (tertiary/aromatic N) is 4. The van der Waals surface area contributed by atoms with Crippen LogP contribution in [-0.4, -0.2) is 41.4 Å². The number of anilines is 5. The van der Waals surface area contributed by atoms with Crippen molar-refractivity contribution in [3.05, 3.63) is 64.8 Å². The second-order valence-corrected chi connectivity index (χ2v) is 9.88. The molecule has 1 atom stereocenters. The smallest absolute Gasteiger partial charge is 0.229 e. The average Bonchev–Trinajstić information content (AvgIpc) is 3.50. The van der Waals surface area contributed by atoms with Gasteiger partial charge in [0, 0.05) is 59.4 Å². The number of hydrogen-bond acceptors (Lipinski definition) is 6. The minimum atomic E-state index is -0.396. The van der Waals surface area contributed by atoms with Crippen molar-refractivity contribution in [1.82, 2.24) is 9.97 Å². The highest BCUT2D eigenvalue weighted by Crippen LogP contribution is 2.28. The highest BCUT2D eigenvalue weighted by Gasteiger charge is 2.35. The van der Waals surface area contributed by atoms with E-state index in [1.54, 1.807) is 4.90 Å². The van der Waals surface area contributed by atoms with Gasteiger partial charge in [0.25, 0.3) is 0 Å². The number of nitrogens with one attached hydrogen (secondary N) is 2. The zero-order valence-corrected chi connectivity index (χ0v) is 21.1. The van der Waals surface area contributed by atoms with Gasteiger partial charge in [-0.05, 0) is 62.2 Å². The molecule has 0 spiro atoms. The summed E-state index contributed by atoms with van der Waals surface area (Å²) in [7, 11) is 0. The molecule has 0 saturated carbocycles. The van der Waals surface area contributed by atoms with Crippen LogP contribution in [0.25, 0.3) is 0 Å². The lowest BCUT2D eigenvalue weighted by Gasteiger charge is -2.17. The summed E-state index contributed by atoms with van der Waals surface area (Å²) >= 11 is 3.43. The molecule has 1 unspecified atom stereocenters. The summed E-state index contributed by atoms with van der Waals surface area (Å²) in [4.78, 5) is 38.5. The first kappa shape index (κ1) is 23.3. The minimum absolute atomic E-state index is 0.0451. The first-order valence-electron chi connectivity index (χ1n) is 11.8. The van der Waals surface area contributed by atoms with Crippen molar-refractivity contribution in [2.75, 3.05) is 40.1 Å². The summed E-state index contributed by atoms with van der Waals surface area (Å²) in [5.74, 6) is 0.909. The Hall–Kier alpha value is -3.46. The van der Waals surface area contributed by atoms with E-state index in [2.05, 4.69) is 41.4 Å². The molecule has 2 amide bonds. The van der Waals surface area contributed by atoms with Gasteiger partial charge in [0.15, 0.2) is 0 Å². The number of halogens is 1. The monoisotopic (exact) mass is 534 g/mol. The van der Waals surface area contributed by atoms with Gasteiger partial charge in [-0.2, -0.15) is 4.98 Å². The molecule has 2 saturated heterocycles. The van der Waals surface area contributed by atoms with E-state index in [1.165, 1.54) is 12.8 Å². The van der Waals surface area contributed by atoms with E-state index in [9.17, 15) is 9.59 Å². The van der Waals surface area contributed by atoms with Crippen LogP contribution < -0.4 is 20.4 Å². The summed E-state index contributed by atoms with van der Waals surface area (Å²) < 4.78 is 0.897. The molecule has 9 heteroatoms. The van der Waals surface area contributed by atoms with Crippen molar-refractivity contribution in [2.45, 2.75) is 26.2 Å². The van der Waals surface area contributed by atoms with Gasteiger partial charge in [-0.25, -0.2) is 4.98 Å². The normalized spacial score (nSPS) is 17.7. The molecule has 3 aromatic rings. The lowest BCUT2D eigenvalue weighted by molar-refractivity contribution is -0.122. The van der Waals surface area contributed by atoms with E-state index in [0.29, 0.717) is 12.2 Å². The molecule has 0 radical (unpaired) electrons. The van der Waals surface area contributed by atoms with Gasteiger partial charge < -0.3 is 20.4 Å². The van der Waals surface area contributed by atoms with Crippen LogP contribution in [0.2, 0.25) is 0 Å². The zero-order chi connectivity index (χ0) is 24.4. The van der Waals surface area contributed by atoms with Crippen molar-refractivity contribution in [2.24, 2.45) is 5.92 Å². The lowest BCUT2D eigenvalue weighted by Crippen LogP contribution is -2.28. The molecular weight excluding hydrogens is 508 g/mol. The largest absolute Gasteiger partial charge is 0.341 e. The van der Waals surface area contributed by atoms with Crippen LogP contribution in [0.5, 0.6) is 0 Å². The zero-order valence-electron chi connectivity index (χ0n) is 19.5. The van der Waals surface area contributed by atoms with Crippen LogP contribution in [0.4, 0.5) is 28.8 Å². The molecule has 1 aromatic heterocycles. The summed E-state index contributed by atoms with van der Waals surface area (Å²) in [6.07, 6.45) is 2.54. The summed E-state index contributed by atoms with van der Waals surface area (Å²) in [5, 5.41) is 6.28. The van der Waals surface area contributed by atoms with Crippen LogP contribution in [0.3, 0.4) is 0 Å². The van der Waals surface area contributed by atoms with Crippen molar-refractivity contribution in [1.29, 1.82) is 0 Å². The number of amides is 2. The van der Waals surface area contributed by atoms with E-state index in [4.69, 9.17) is 0 Å². The topological polar surface area (TPSA) is 90.5 Å². The predicted octanol–water partition coefficient (Wildman–Crippen LogP) is 4.88. The number of aryl methyl sites for hydroxylation is 1. The summed E-state index contributed by atoms with van der Waals surface area (Å²) in [6, 6.07) is 17.0. The quantitative estimate of drug-likeness (QED) is 0.468. The Bertz CT molecular complexity index is 1240. The lowest BCUT2D eigenvalue weighted by atomic mass is 10.1. The third-order valence-electron chi connectivity index (χ3n) is 6.27. The Labute approximate surface area is 212 Å². The maximum absolute atomic E-state index is 12.8. The minimum Gasteiger partial charge on any atom is -0.341 e. The fraction of sp³-hybridized carbons (Fsp3) is 0.308. The Balaban J connectivity index is 1.20. The molecule has 3 heterocycles. The SMILES string of the molecule is Cc1cc(Nc2ccc(NC(=O)C3CC(=O)N(c4cccc(Br)c4)C3)cc2)nc(N2CCCC2)n1. The second kappa shape index (κ2) is 10.0. The number of carbonyl (C=O) groups is 2. The maximum atomic E-state index is 12.8. The van der Waals surface area contributed by atoms with Crippen LogP contribution >= 0.6 is 15.9 Å². The number of aromatic nitrogens is 2. The predicted molar refractivity (Wildman–Crippen MR) is 141 cm³/mol. The van der Waals surface area contributed by atoms with E-state index in [-0.39, 0.29) is 18.2 Å². The average molecular weight is 535 g/mol. The van der Waals surface area contributed by atoms with Gasteiger partial charge in [0.2, 0.25) is 17.8 Å². The first-order valence-corrected chi connectivity index (χ1v) is 12.6. The number of hydrogen-bond donors (Lipinski definition) is 2. The molecule has 8 nitrogen and oxygen atoms in total. The Morgan fingerprint density at radius 3 is 2.51 bits per heavy atom. The van der Waals surface area contributed by atoms with Crippen molar-refractivity contribution in [3.8, 4) is 0 Å². The summed E-state index contributed by atoms with van der Waals surface area (Å²) in [6.45, 7) is 4.32. The molecule has 0 aliphatic carbocycles. The van der Waals surface area contributed by atoms with Crippen LogP contribution in [0, 0.1) is 12.8 Å². The fourth-order valence-corrected chi connectivity index (χ4v) is 4.87. The molecule has 2 aliphatic rings. The number of carbonyl (C=O) groups excluding carboxylic acids is 2. The van der Waals surface area contributed by atoms with E-state index >= 15 is 0 Å². The first-order chi connectivity index (χ1) is 16.9. The molecular formula is C26H27BrN6O2. The van der Waals surface area contributed by atoms with Gasteiger partial charge in [-0.3, -0.25) is 9.59 Å². The standard InChI is InChI=1S/C26H27BrN6O2/c1-17-13-23(31-26(28-17)32-11-2-3-12-32)29-20-7-9-21(10-8-20)30-25(35)18-14-24(34)33(16-18)22-6-4-5-19(27)15-22/h4-10,13,15,18H,2-3,11-12,14,16H2,1H3,(H,30,35)(H,28,29,31). The molecule has 2 aromatic carbocycles. The number of benzene rings is 2. The molecule has 2 aliphatic heterocycles. The van der Waals surface area contributed by atoms with Crippen LogP contribution in [-0.2, 0) is 9.59 Å². The molecule has 0 bridgehead atoms. The third kappa shape index (κ3) is 5.45. The highest BCUT2D eigenvalue weighted by molar-refractivity contribution is 9.10. The van der Waals surface area contributed by atoms with Gasteiger partial charge in [-0.1, -0.05) is 22.0 Å². The summed E-state index contributed by atoms with van der Waals surface area (Å²) in [5.41, 5.74) is 3.26. The van der Waals surface area contributed by atoms with E-state index < -0.39 is 5.92 Å². The van der Waals surface area contributed by atoms with Crippen LogP contribution in [0.15, 0.2) is 59.1 Å². The molecule has 35 heavy (non-hydrogen) atoms. The van der Waals surface area contributed by atoms with Gasteiger partial charge >= 0.3 is 0 Å². The second-order valence-electron chi connectivity index (χ2n) is 8.97. The fourth-order valence-electron chi connectivity index (χ4n) is 4.48. The maximum Gasteiger partial charge on any atom is 0.229 e. The number of rotatable bonds is 6. The Morgan fingerprint density at radius 1 is 1.03 bits per heavy atom. The van der Waals surface area contributed by atoms with Gasteiger partial charge in [0.05, 0.1) is 5.92 Å². The highest BCUT2D eigenvalue weighted by atomic mass is 79.9. The molecule has 2 fully saturated rings. The molecule has 5 rings (SSSR count). The van der Waals surface area contributed by atoms with Gasteiger partial charge in [-0.15, -0.1) is 0 Å². The third-order valence-corrected chi connectivity index (χ3v) is 6.77. The van der Waals surface area contributed by atoms with Gasteiger partial charge in [0.1, 0.15) is 5.82 Å². The van der Waals surface area contributed by atoms with Crippen molar-refractivity contribution < 1.29 is 9.59 Å².